The predicted octanol–water partition coefficient (Wildman–Crippen LogP) is 1.72. The molecule has 2 saturated heterocycles. The zero-order valence-corrected chi connectivity index (χ0v) is 18.4. The van der Waals surface area contributed by atoms with Gasteiger partial charge >= 0.3 is 0 Å². The average molecular weight is 437 g/mol. The van der Waals surface area contributed by atoms with Gasteiger partial charge in [0.25, 0.3) is 0 Å². The van der Waals surface area contributed by atoms with Crippen LogP contribution in [-0.2, 0) is 4.79 Å². The second-order valence-corrected chi connectivity index (χ2v) is 8.31. The molecule has 0 spiro atoms. The number of aromatic nitrogens is 3. The van der Waals surface area contributed by atoms with E-state index in [4.69, 9.17) is 14.5 Å². The molecule has 2 atom stereocenters. The first-order valence-electron chi connectivity index (χ1n) is 11.0. The summed E-state index contributed by atoms with van der Waals surface area (Å²) >= 11 is 0. The van der Waals surface area contributed by atoms with Crippen molar-refractivity contribution in [1.82, 2.24) is 25.2 Å². The standard InChI is InChI=1S/C23H28N6O3/c1-15(17-12-22(30)25-13-17)32-23-20-5-6-26-29(20)14-18(27-23)16-3-4-19(21(11-16)31-2)28-9-7-24-8-10-28/h3-6,11,14-15,17,24H,7-10,12-13H2,1-2H3,(H,25,30). The third kappa shape index (κ3) is 3.95. The third-order valence-electron chi connectivity index (χ3n) is 6.26. The van der Waals surface area contributed by atoms with Crippen molar-refractivity contribution in [3.05, 3.63) is 36.7 Å². The van der Waals surface area contributed by atoms with E-state index in [1.165, 1.54) is 0 Å². The van der Waals surface area contributed by atoms with Crippen molar-refractivity contribution in [3.63, 3.8) is 0 Å². The molecule has 4 heterocycles. The molecule has 2 fully saturated rings. The van der Waals surface area contributed by atoms with Gasteiger partial charge in [-0.05, 0) is 25.1 Å². The van der Waals surface area contributed by atoms with E-state index in [1.807, 2.05) is 25.3 Å². The molecule has 32 heavy (non-hydrogen) atoms. The molecule has 1 aromatic carbocycles. The maximum Gasteiger partial charge on any atom is 0.240 e. The number of rotatable bonds is 6. The number of nitrogens with one attached hydrogen (secondary N) is 2. The fraction of sp³-hybridized carbons (Fsp3) is 0.435. The summed E-state index contributed by atoms with van der Waals surface area (Å²) in [7, 11) is 1.70. The number of carbonyl (C=O) groups excluding carboxylic acids is 1. The Morgan fingerprint density at radius 2 is 2.06 bits per heavy atom. The van der Waals surface area contributed by atoms with E-state index in [9.17, 15) is 4.79 Å². The van der Waals surface area contributed by atoms with Crippen LogP contribution < -0.4 is 25.0 Å². The summed E-state index contributed by atoms with van der Waals surface area (Å²) in [6, 6.07) is 8.05. The van der Waals surface area contributed by atoms with Crippen LogP contribution in [0.15, 0.2) is 36.7 Å². The number of hydrogen-bond donors (Lipinski definition) is 2. The van der Waals surface area contributed by atoms with Crippen LogP contribution in [0.25, 0.3) is 16.8 Å². The molecule has 1 amide bonds. The molecule has 0 saturated carbocycles. The van der Waals surface area contributed by atoms with Crippen molar-refractivity contribution in [2.45, 2.75) is 19.4 Å². The summed E-state index contributed by atoms with van der Waals surface area (Å²) in [5.41, 5.74) is 3.55. The van der Waals surface area contributed by atoms with Gasteiger partial charge in [0.1, 0.15) is 17.4 Å². The Morgan fingerprint density at radius 1 is 1.22 bits per heavy atom. The highest BCUT2D eigenvalue weighted by Gasteiger charge is 2.29. The van der Waals surface area contributed by atoms with Gasteiger partial charge in [0.05, 0.1) is 30.9 Å². The van der Waals surface area contributed by atoms with E-state index in [-0.39, 0.29) is 17.9 Å². The Labute approximate surface area is 186 Å². The highest BCUT2D eigenvalue weighted by atomic mass is 16.5. The Bertz CT molecular complexity index is 1120. The lowest BCUT2D eigenvalue weighted by Gasteiger charge is -2.30. The Morgan fingerprint density at radius 3 is 2.81 bits per heavy atom. The summed E-state index contributed by atoms with van der Waals surface area (Å²) in [5.74, 6) is 1.52. The molecular weight excluding hydrogens is 408 g/mol. The minimum Gasteiger partial charge on any atom is -0.495 e. The predicted molar refractivity (Wildman–Crippen MR) is 121 cm³/mol. The molecule has 2 aromatic heterocycles. The zero-order chi connectivity index (χ0) is 22.1. The van der Waals surface area contributed by atoms with Crippen LogP contribution >= 0.6 is 0 Å². The Hall–Kier alpha value is -3.33. The first kappa shape index (κ1) is 20.6. The van der Waals surface area contributed by atoms with Gasteiger partial charge in [-0.2, -0.15) is 5.10 Å². The van der Waals surface area contributed by atoms with Crippen molar-refractivity contribution in [3.8, 4) is 22.9 Å². The number of amides is 1. The Kier molecular flexibility index (Phi) is 5.57. The van der Waals surface area contributed by atoms with Crippen molar-refractivity contribution in [2.24, 2.45) is 5.92 Å². The van der Waals surface area contributed by atoms with Crippen LogP contribution in [0.3, 0.4) is 0 Å². The molecule has 2 aliphatic heterocycles. The van der Waals surface area contributed by atoms with Crippen LogP contribution in [0.1, 0.15) is 13.3 Å². The van der Waals surface area contributed by atoms with Crippen molar-refractivity contribution >= 4 is 17.1 Å². The van der Waals surface area contributed by atoms with E-state index in [0.717, 1.165) is 54.4 Å². The lowest BCUT2D eigenvalue weighted by Crippen LogP contribution is -2.43. The van der Waals surface area contributed by atoms with Crippen LogP contribution in [0, 0.1) is 5.92 Å². The van der Waals surface area contributed by atoms with Gasteiger partial charge in [-0.3, -0.25) is 4.79 Å². The molecule has 3 aromatic rings. The topological polar surface area (TPSA) is 93.0 Å². The molecule has 168 valence electrons. The van der Waals surface area contributed by atoms with Gasteiger partial charge in [-0.15, -0.1) is 0 Å². The van der Waals surface area contributed by atoms with Crippen LogP contribution in [0.2, 0.25) is 0 Å². The minimum absolute atomic E-state index is 0.0679. The molecule has 9 heteroatoms. The molecule has 9 nitrogen and oxygen atoms in total. The largest absolute Gasteiger partial charge is 0.495 e. The number of carbonyl (C=O) groups is 1. The van der Waals surface area contributed by atoms with Crippen molar-refractivity contribution in [1.29, 1.82) is 0 Å². The second-order valence-electron chi connectivity index (χ2n) is 8.31. The summed E-state index contributed by atoms with van der Waals surface area (Å²) < 4.78 is 13.7. The molecule has 0 radical (unpaired) electrons. The fourth-order valence-corrected chi connectivity index (χ4v) is 4.36. The van der Waals surface area contributed by atoms with Crippen LogP contribution in [0.4, 0.5) is 5.69 Å². The summed E-state index contributed by atoms with van der Waals surface area (Å²) in [5, 5.41) is 10.7. The minimum atomic E-state index is -0.153. The molecule has 2 N–H and O–H groups in total. The SMILES string of the molecule is COc1cc(-c2cn3nccc3c(OC(C)C3CNC(=O)C3)n2)ccc1N1CCNCC1. The number of hydrogen-bond acceptors (Lipinski definition) is 7. The maximum atomic E-state index is 11.6. The third-order valence-corrected chi connectivity index (χ3v) is 6.26. The number of fused-ring (bicyclic) bond motifs is 1. The molecule has 0 aliphatic carbocycles. The monoisotopic (exact) mass is 436 g/mol. The Balaban J connectivity index is 1.47. The van der Waals surface area contributed by atoms with E-state index in [1.54, 1.807) is 17.8 Å². The normalized spacial score (nSPS) is 19.8. The van der Waals surface area contributed by atoms with Gasteiger partial charge in [0, 0.05) is 50.6 Å². The molecule has 2 unspecified atom stereocenters. The summed E-state index contributed by atoms with van der Waals surface area (Å²) in [6.45, 7) is 6.42. The number of nitrogens with zero attached hydrogens (tertiary/aromatic N) is 4. The smallest absolute Gasteiger partial charge is 0.240 e. The molecule has 2 aliphatic rings. The van der Waals surface area contributed by atoms with E-state index in [2.05, 4.69) is 32.8 Å². The number of ether oxygens (including phenoxy) is 2. The molecule has 5 rings (SSSR count). The van der Waals surface area contributed by atoms with Crippen LogP contribution in [0.5, 0.6) is 11.6 Å². The molecule has 0 bridgehead atoms. The second kappa shape index (κ2) is 8.66. The van der Waals surface area contributed by atoms with Gasteiger partial charge in [-0.1, -0.05) is 6.07 Å². The number of methoxy groups -OCH3 is 1. The first-order valence-corrected chi connectivity index (χ1v) is 11.0. The summed E-state index contributed by atoms with van der Waals surface area (Å²) in [4.78, 5) is 18.8. The lowest BCUT2D eigenvalue weighted by molar-refractivity contribution is -0.119. The van der Waals surface area contributed by atoms with Gasteiger partial charge in [0.15, 0.2) is 0 Å². The molecular formula is C23H28N6O3. The average Bonchev–Trinajstić information content (AvgIpc) is 3.48. The number of piperazine rings is 1. The quantitative estimate of drug-likeness (QED) is 0.608. The highest BCUT2D eigenvalue weighted by molar-refractivity contribution is 5.78. The van der Waals surface area contributed by atoms with Gasteiger partial charge in [0.2, 0.25) is 11.8 Å². The maximum absolute atomic E-state index is 11.6. The van der Waals surface area contributed by atoms with E-state index < -0.39 is 0 Å². The van der Waals surface area contributed by atoms with E-state index in [0.29, 0.717) is 18.8 Å². The zero-order valence-electron chi connectivity index (χ0n) is 18.4. The van der Waals surface area contributed by atoms with Crippen molar-refractivity contribution in [2.75, 3.05) is 44.7 Å². The fourth-order valence-electron chi connectivity index (χ4n) is 4.36. The number of benzene rings is 1. The highest BCUT2D eigenvalue weighted by Crippen LogP contribution is 2.34. The number of anilines is 1. The van der Waals surface area contributed by atoms with E-state index >= 15 is 0 Å². The van der Waals surface area contributed by atoms with Gasteiger partial charge < -0.3 is 25.0 Å². The lowest BCUT2D eigenvalue weighted by atomic mass is 10.0. The van der Waals surface area contributed by atoms with Gasteiger partial charge in [-0.25, -0.2) is 9.50 Å². The summed E-state index contributed by atoms with van der Waals surface area (Å²) in [6.07, 6.45) is 3.95. The first-order chi connectivity index (χ1) is 15.6. The van der Waals surface area contributed by atoms with Crippen LogP contribution in [-0.4, -0.2) is 66.4 Å². The van der Waals surface area contributed by atoms with Crippen molar-refractivity contribution < 1.29 is 14.3 Å².